The molecule has 150 valence electrons. The molecule has 1 fully saturated rings. The van der Waals surface area contributed by atoms with Crippen molar-refractivity contribution in [2.24, 2.45) is 0 Å². The van der Waals surface area contributed by atoms with E-state index >= 15 is 0 Å². The Bertz CT molecular complexity index is 721. The average Bonchev–Trinajstić information content (AvgIpc) is 3.05. The van der Waals surface area contributed by atoms with Crippen LogP contribution in [-0.2, 0) is 33.3 Å². The molecule has 2 bridgehead atoms. The van der Waals surface area contributed by atoms with E-state index in [-0.39, 0.29) is 24.4 Å². The van der Waals surface area contributed by atoms with Crippen molar-refractivity contribution in [3.63, 3.8) is 0 Å². The van der Waals surface area contributed by atoms with Crippen LogP contribution in [0.4, 0.5) is 0 Å². The van der Waals surface area contributed by atoms with Gasteiger partial charge in [0.25, 0.3) is 0 Å². The smallest absolute Gasteiger partial charge is 0.342 e. The molecule has 3 aliphatic heterocycles. The molecule has 0 radical (unpaired) electrons. The largest absolute Gasteiger partial charge is 0.457 e. The van der Waals surface area contributed by atoms with Gasteiger partial charge in [0.2, 0.25) is 0 Å². The molecule has 27 heavy (non-hydrogen) atoms. The van der Waals surface area contributed by atoms with Crippen LogP contribution < -0.4 is 0 Å². The van der Waals surface area contributed by atoms with Crippen LogP contribution in [0.15, 0.2) is 23.0 Å². The Morgan fingerprint density at radius 1 is 1.33 bits per heavy atom. The number of ether oxygens (including phenoxy) is 5. The highest BCUT2D eigenvalue weighted by atomic mass is 16.7. The predicted octanol–water partition coefficient (Wildman–Crippen LogP) is 1.37. The topological polar surface area (TPSA) is 101 Å². The Kier molecular flexibility index (Phi) is 4.96. The normalized spacial score (nSPS) is 38.5. The van der Waals surface area contributed by atoms with Gasteiger partial charge in [0.05, 0.1) is 17.8 Å². The third-order valence-corrected chi connectivity index (χ3v) is 5.48. The third kappa shape index (κ3) is 3.31. The van der Waals surface area contributed by atoms with Crippen LogP contribution in [0.3, 0.4) is 0 Å². The lowest BCUT2D eigenvalue weighted by Crippen LogP contribution is -2.56. The van der Waals surface area contributed by atoms with Gasteiger partial charge in [-0.3, -0.25) is 4.79 Å². The molecule has 1 N–H and O–H groups in total. The van der Waals surface area contributed by atoms with E-state index in [0.29, 0.717) is 18.4 Å². The maximum Gasteiger partial charge on any atom is 0.342 e. The van der Waals surface area contributed by atoms with E-state index in [4.69, 9.17) is 23.7 Å². The predicted molar refractivity (Wildman–Crippen MR) is 92.3 cm³/mol. The molecule has 0 spiro atoms. The lowest BCUT2D eigenvalue weighted by Gasteiger charge is -2.42. The van der Waals surface area contributed by atoms with Crippen molar-refractivity contribution in [3.8, 4) is 0 Å². The fourth-order valence-corrected chi connectivity index (χ4v) is 4.15. The van der Waals surface area contributed by atoms with Crippen molar-refractivity contribution in [3.05, 3.63) is 23.0 Å². The van der Waals surface area contributed by atoms with Crippen LogP contribution in [0.2, 0.25) is 0 Å². The number of fused-ring (bicyclic) bond motifs is 3. The summed E-state index contributed by atoms with van der Waals surface area (Å²) in [6.45, 7) is 4.69. The van der Waals surface area contributed by atoms with Gasteiger partial charge >= 0.3 is 11.9 Å². The monoisotopic (exact) mass is 382 g/mol. The summed E-state index contributed by atoms with van der Waals surface area (Å²) < 4.78 is 27.9. The Hall–Kier alpha value is -1.74. The summed E-state index contributed by atoms with van der Waals surface area (Å²) in [5.41, 5.74) is -1.66. The van der Waals surface area contributed by atoms with Crippen molar-refractivity contribution in [2.75, 3.05) is 20.8 Å². The van der Waals surface area contributed by atoms with E-state index in [1.807, 2.05) is 6.92 Å². The second-order valence-electron chi connectivity index (χ2n) is 7.67. The summed E-state index contributed by atoms with van der Waals surface area (Å²) >= 11 is 0. The highest BCUT2D eigenvalue weighted by molar-refractivity contribution is 5.95. The molecule has 8 heteroatoms. The highest BCUT2D eigenvalue weighted by Gasteiger charge is 2.60. The number of carbonyl (C=O) groups excluding carboxylic acids is 2. The van der Waals surface area contributed by atoms with Crippen molar-refractivity contribution < 1.29 is 38.4 Å². The summed E-state index contributed by atoms with van der Waals surface area (Å²) in [5, 5.41) is 11.3. The minimum atomic E-state index is -1.50. The first-order valence-corrected chi connectivity index (χ1v) is 8.89. The van der Waals surface area contributed by atoms with Crippen LogP contribution in [-0.4, -0.2) is 61.0 Å². The number of carbonyl (C=O) groups is 2. The minimum absolute atomic E-state index is 0.00158. The van der Waals surface area contributed by atoms with Gasteiger partial charge in [-0.15, -0.1) is 0 Å². The van der Waals surface area contributed by atoms with E-state index in [0.717, 1.165) is 0 Å². The summed E-state index contributed by atoms with van der Waals surface area (Å²) in [7, 11) is 2.93. The number of hydrogen-bond acceptors (Lipinski definition) is 8. The molecule has 3 heterocycles. The zero-order chi connectivity index (χ0) is 20.0. The fraction of sp³-hybridized carbons (Fsp3) is 0.684. The highest BCUT2D eigenvalue weighted by Crippen LogP contribution is 2.50. The van der Waals surface area contributed by atoms with Crippen LogP contribution in [0, 0.1) is 0 Å². The van der Waals surface area contributed by atoms with Crippen LogP contribution in [0.1, 0.15) is 40.0 Å². The third-order valence-electron chi connectivity index (χ3n) is 5.48. The molecule has 0 saturated carbocycles. The molecule has 3 aliphatic rings. The Morgan fingerprint density at radius 3 is 2.63 bits per heavy atom. The Morgan fingerprint density at radius 2 is 2.04 bits per heavy atom. The van der Waals surface area contributed by atoms with Crippen molar-refractivity contribution >= 4 is 11.9 Å². The van der Waals surface area contributed by atoms with E-state index in [2.05, 4.69) is 0 Å². The number of esters is 2. The van der Waals surface area contributed by atoms with Gasteiger partial charge in [-0.25, -0.2) is 4.79 Å². The molecule has 4 atom stereocenters. The van der Waals surface area contributed by atoms with Gasteiger partial charge in [0.1, 0.15) is 17.5 Å². The zero-order valence-electron chi connectivity index (χ0n) is 16.3. The SMILES string of the molecule is COCC1=C2C(=CC3(C)CCC(OC)(O3)C(C)(O)CC2OC(C)=O)OC1=O. The van der Waals surface area contributed by atoms with Gasteiger partial charge in [-0.05, 0) is 26.3 Å². The first kappa shape index (κ1) is 20.0. The van der Waals surface area contributed by atoms with Crippen molar-refractivity contribution in [1.29, 1.82) is 0 Å². The van der Waals surface area contributed by atoms with E-state index in [1.54, 1.807) is 13.0 Å². The summed E-state index contributed by atoms with van der Waals surface area (Å²) in [6, 6.07) is 0. The Balaban J connectivity index is 2.20. The fourth-order valence-electron chi connectivity index (χ4n) is 4.15. The number of methoxy groups -OCH3 is 2. The van der Waals surface area contributed by atoms with Crippen molar-refractivity contribution in [2.45, 2.75) is 63.1 Å². The van der Waals surface area contributed by atoms with Gasteiger partial charge in [-0.1, -0.05) is 0 Å². The van der Waals surface area contributed by atoms with Crippen LogP contribution in [0.5, 0.6) is 0 Å². The molecule has 0 aromatic heterocycles. The molecule has 0 aliphatic carbocycles. The standard InChI is InChI=1S/C19H26O8/c1-11(20)25-14-9-18(3,22)19(24-5)7-6-17(2,27-19)8-13-15(14)12(10-23-4)16(21)26-13/h8,14,22H,6-7,9-10H2,1-5H3. The Labute approximate surface area is 158 Å². The molecule has 0 aromatic rings. The molecule has 3 rings (SSSR count). The molecule has 4 unspecified atom stereocenters. The minimum Gasteiger partial charge on any atom is -0.457 e. The molecule has 1 saturated heterocycles. The molecule has 0 aromatic carbocycles. The zero-order valence-corrected chi connectivity index (χ0v) is 16.3. The summed E-state index contributed by atoms with van der Waals surface area (Å²) in [4.78, 5) is 24.1. The van der Waals surface area contributed by atoms with Gasteiger partial charge in [0, 0.05) is 39.6 Å². The first-order valence-electron chi connectivity index (χ1n) is 8.89. The molecular weight excluding hydrogens is 356 g/mol. The summed E-state index contributed by atoms with van der Waals surface area (Å²) in [5.74, 6) is -2.11. The van der Waals surface area contributed by atoms with Crippen molar-refractivity contribution in [1.82, 2.24) is 0 Å². The summed E-state index contributed by atoms with van der Waals surface area (Å²) in [6.07, 6.45) is 1.73. The number of aliphatic hydroxyl groups is 1. The second kappa shape index (κ2) is 6.70. The first-order chi connectivity index (χ1) is 12.6. The maximum absolute atomic E-state index is 12.4. The lowest BCUT2D eigenvalue weighted by atomic mass is 9.82. The molecular formula is C19H26O8. The number of hydrogen-bond donors (Lipinski definition) is 1. The van der Waals surface area contributed by atoms with Gasteiger partial charge in [-0.2, -0.15) is 0 Å². The van der Waals surface area contributed by atoms with Crippen LogP contribution >= 0.6 is 0 Å². The van der Waals surface area contributed by atoms with Crippen LogP contribution in [0.25, 0.3) is 0 Å². The van der Waals surface area contributed by atoms with Gasteiger partial charge < -0.3 is 28.8 Å². The second-order valence-corrected chi connectivity index (χ2v) is 7.67. The maximum atomic E-state index is 12.4. The average molecular weight is 382 g/mol. The lowest BCUT2D eigenvalue weighted by molar-refractivity contribution is -0.310. The number of rotatable bonds is 4. The molecule has 8 nitrogen and oxygen atoms in total. The molecule has 0 amide bonds. The quantitative estimate of drug-likeness (QED) is 0.728. The van der Waals surface area contributed by atoms with E-state index in [9.17, 15) is 14.7 Å². The van der Waals surface area contributed by atoms with Gasteiger partial charge in [0.15, 0.2) is 5.79 Å². The van der Waals surface area contributed by atoms with E-state index < -0.39 is 35.0 Å². The van der Waals surface area contributed by atoms with E-state index in [1.165, 1.54) is 21.1 Å².